The van der Waals surface area contributed by atoms with Gasteiger partial charge in [-0.25, -0.2) is 0 Å². The van der Waals surface area contributed by atoms with E-state index in [2.05, 4.69) is 10.3 Å². The molecule has 1 N–H and O–H groups in total. The van der Waals surface area contributed by atoms with Gasteiger partial charge in [0.15, 0.2) is 0 Å². The van der Waals surface area contributed by atoms with Crippen LogP contribution in [0.15, 0.2) is 67.1 Å². The molecule has 1 aliphatic rings. The van der Waals surface area contributed by atoms with E-state index in [9.17, 15) is 9.59 Å². The SMILES string of the molecule is CCOc1ccccc1CNC(=O)C1CCCN(C(=O)c2cccn2-c2cccnc2)C1. The van der Waals surface area contributed by atoms with Crippen LogP contribution in [0.2, 0.25) is 0 Å². The second kappa shape index (κ2) is 10.1. The van der Waals surface area contributed by atoms with Crippen LogP contribution < -0.4 is 10.1 Å². The Morgan fingerprint density at radius 1 is 1.16 bits per heavy atom. The van der Waals surface area contributed by atoms with Crippen molar-refractivity contribution in [3.63, 3.8) is 0 Å². The van der Waals surface area contributed by atoms with Crippen LogP contribution in [0, 0.1) is 5.92 Å². The molecule has 0 saturated carbocycles. The summed E-state index contributed by atoms with van der Waals surface area (Å²) in [5.74, 6) is 0.454. The Bertz CT molecular complexity index is 1060. The van der Waals surface area contributed by atoms with Crippen molar-refractivity contribution < 1.29 is 14.3 Å². The molecule has 32 heavy (non-hydrogen) atoms. The average Bonchev–Trinajstić information content (AvgIpc) is 3.34. The zero-order valence-electron chi connectivity index (χ0n) is 18.2. The van der Waals surface area contributed by atoms with Crippen molar-refractivity contribution in [2.24, 2.45) is 5.92 Å². The summed E-state index contributed by atoms with van der Waals surface area (Å²) < 4.78 is 7.48. The molecule has 7 nitrogen and oxygen atoms in total. The minimum atomic E-state index is -0.228. The summed E-state index contributed by atoms with van der Waals surface area (Å²) in [5.41, 5.74) is 2.35. The number of aromatic nitrogens is 2. The van der Waals surface area contributed by atoms with Crippen molar-refractivity contribution >= 4 is 11.8 Å². The maximum absolute atomic E-state index is 13.3. The molecule has 3 aromatic rings. The van der Waals surface area contributed by atoms with Crippen molar-refractivity contribution in [1.29, 1.82) is 0 Å². The van der Waals surface area contributed by atoms with Gasteiger partial charge in [0, 0.05) is 37.6 Å². The fourth-order valence-corrected chi connectivity index (χ4v) is 4.09. The minimum absolute atomic E-state index is 0.0311. The Balaban J connectivity index is 1.40. The van der Waals surface area contributed by atoms with Crippen LogP contribution in [-0.2, 0) is 11.3 Å². The van der Waals surface area contributed by atoms with E-state index in [1.165, 1.54) is 0 Å². The third kappa shape index (κ3) is 4.82. The molecule has 1 atom stereocenters. The normalized spacial score (nSPS) is 15.9. The second-order valence-corrected chi connectivity index (χ2v) is 7.82. The van der Waals surface area contributed by atoms with Gasteiger partial charge in [0.2, 0.25) is 5.91 Å². The van der Waals surface area contributed by atoms with E-state index in [1.807, 2.05) is 66.2 Å². The number of amides is 2. The molecule has 1 fully saturated rings. The van der Waals surface area contributed by atoms with E-state index in [4.69, 9.17) is 4.74 Å². The molecule has 2 aromatic heterocycles. The van der Waals surface area contributed by atoms with Crippen molar-refractivity contribution in [2.75, 3.05) is 19.7 Å². The first-order chi connectivity index (χ1) is 15.7. The monoisotopic (exact) mass is 432 g/mol. The highest BCUT2D eigenvalue weighted by atomic mass is 16.5. The largest absolute Gasteiger partial charge is 0.494 e. The molecule has 1 aromatic carbocycles. The second-order valence-electron chi connectivity index (χ2n) is 7.82. The predicted octanol–water partition coefficient (Wildman–Crippen LogP) is 3.44. The fraction of sp³-hybridized carbons (Fsp3) is 0.320. The van der Waals surface area contributed by atoms with Crippen LogP contribution in [0.3, 0.4) is 0 Å². The van der Waals surface area contributed by atoms with E-state index in [-0.39, 0.29) is 17.7 Å². The number of piperidine rings is 1. The van der Waals surface area contributed by atoms with Crippen molar-refractivity contribution in [2.45, 2.75) is 26.3 Å². The summed E-state index contributed by atoms with van der Waals surface area (Å²) in [4.78, 5) is 32.1. The number of para-hydroxylation sites is 1. The Hall–Kier alpha value is -3.61. The number of pyridine rings is 1. The summed E-state index contributed by atoms with van der Waals surface area (Å²) in [6.07, 6.45) is 6.85. The van der Waals surface area contributed by atoms with Gasteiger partial charge in [-0.15, -0.1) is 0 Å². The summed E-state index contributed by atoms with van der Waals surface area (Å²) in [5, 5.41) is 3.03. The maximum atomic E-state index is 13.3. The van der Waals surface area contributed by atoms with E-state index in [0.29, 0.717) is 31.9 Å². The Morgan fingerprint density at radius 2 is 2.03 bits per heavy atom. The quantitative estimate of drug-likeness (QED) is 0.621. The number of nitrogens with zero attached hydrogens (tertiary/aromatic N) is 3. The standard InChI is InChI=1S/C25H28N4O3/c1-2-32-23-12-4-3-8-19(23)16-27-24(30)20-9-6-14-28(18-20)25(31)22-11-7-15-29(22)21-10-5-13-26-17-21/h3-5,7-8,10-13,15,17,20H,2,6,9,14,16,18H2,1H3,(H,27,30). The van der Waals surface area contributed by atoms with Crippen LogP contribution in [0.25, 0.3) is 5.69 Å². The lowest BCUT2D eigenvalue weighted by molar-refractivity contribution is -0.126. The number of hydrogen-bond donors (Lipinski definition) is 1. The van der Waals surface area contributed by atoms with Crippen LogP contribution in [0.5, 0.6) is 5.75 Å². The van der Waals surface area contributed by atoms with Crippen LogP contribution in [0.1, 0.15) is 35.8 Å². The molecule has 166 valence electrons. The van der Waals surface area contributed by atoms with E-state index >= 15 is 0 Å². The molecule has 7 heteroatoms. The van der Waals surface area contributed by atoms with Gasteiger partial charge >= 0.3 is 0 Å². The molecule has 0 bridgehead atoms. The summed E-state index contributed by atoms with van der Waals surface area (Å²) >= 11 is 0. The van der Waals surface area contributed by atoms with Gasteiger partial charge in [-0.05, 0) is 50.1 Å². The average molecular weight is 433 g/mol. The number of carbonyl (C=O) groups is 2. The summed E-state index contributed by atoms with van der Waals surface area (Å²) in [6, 6.07) is 15.1. The van der Waals surface area contributed by atoms with Gasteiger partial charge in [0.25, 0.3) is 5.91 Å². The highest BCUT2D eigenvalue weighted by Gasteiger charge is 2.30. The third-order valence-electron chi connectivity index (χ3n) is 5.70. The zero-order valence-corrected chi connectivity index (χ0v) is 18.2. The Labute approximate surface area is 188 Å². The number of likely N-dealkylation sites (tertiary alicyclic amines) is 1. The highest BCUT2D eigenvalue weighted by molar-refractivity contribution is 5.94. The lowest BCUT2D eigenvalue weighted by Gasteiger charge is -2.32. The van der Waals surface area contributed by atoms with Gasteiger partial charge in [-0.1, -0.05) is 18.2 Å². The molecule has 1 unspecified atom stereocenters. The first kappa shape index (κ1) is 21.6. The molecule has 0 spiro atoms. The van der Waals surface area contributed by atoms with Crippen LogP contribution in [0.4, 0.5) is 0 Å². The number of benzene rings is 1. The number of hydrogen-bond acceptors (Lipinski definition) is 4. The summed E-state index contributed by atoms with van der Waals surface area (Å²) in [7, 11) is 0. The lowest BCUT2D eigenvalue weighted by Crippen LogP contribution is -2.45. The maximum Gasteiger partial charge on any atom is 0.270 e. The van der Waals surface area contributed by atoms with Gasteiger partial charge in [0.05, 0.1) is 24.4 Å². The van der Waals surface area contributed by atoms with Gasteiger partial charge in [-0.2, -0.15) is 0 Å². The molecule has 1 aliphatic heterocycles. The third-order valence-corrected chi connectivity index (χ3v) is 5.70. The van der Waals surface area contributed by atoms with E-state index < -0.39 is 0 Å². The zero-order chi connectivity index (χ0) is 22.3. The number of rotatable bonds is 7. The van der Waals surface area contributed by atoms with Gasteiger partial charge in [0.1, 0.15) is 11.4 Å². The molecular weight excluding hydrogens is 404 g/mol. The van der Waals surface area contributed by atoms with Gasteiger partial charge < -0.3 is 19.5 Å². The molecule has 0 aliphatic carbocycles. The summed E-state index contributed by atoms with van der Waals surface area (Å²) in [6.45, 7) is 3.98. The van der Waals surface area contributed by atoms with Crippen LogP contribution in [-0.4, -0.2) is 46.0 Å². The topological polar surface area (TPSA) is 76.5 Å². The van der Waals surface area contributed by atoms with E-state index in [0.717, 1.165) is 29.8 Å². The van der Waals surface area contributed by atoms with Crippen molar-refractivity contribution in [1.82, 2.24) is 19.8 Å². The number of nitrogens with one attached hydrogen (secondary N) is 1. The van der Waals surface area contributed by atoms with Crippen LogP contribution >= 0.6 is 0 Å². The Kier molecular flexibility index (Phi) is 6.84. The van der Waals surface area contributed by atoms with Gasteiger partial charge in [-0.3, -0.25) is 14.6 Å². The lowest BCUT2D eigenvalue weighted by atomic mass is 9.96. The first-order valence-corrected chi connectivity index (χ1v) is 11.0. The first-order valence-electron chi connectivity index (χ1n) is 11.0. The molecular formula is C25H28N4O3. The molecule has 0 radical (unpaired) electrons. The smallest absolute Gasteiger partial charge is 0.270 e. The molecule has 3 heterocycles. The minimum Gasteiger partial charge on any atom is -0.494 e. The predicted molar refractivity (Wildman–Crippen MR) is 122 cm³/mol. The number of ether oxygens (including phenoxy) is 1. The highest BCUT2D eigenvalue weighted by Crippen LogP contribution is 2.22. The van der Waals surface area contributed by atoms with Crippen molar-refractivity contribution in [3.05, 3.63) is 78.4 Å². The van der Waals surface area contributed by atoms with Crippen molar-refractivity contribution in [3.8, 4) is 11.4 Å². The molecule has 1 saturated heterocycles. The Morgan fingerprint density at radius 3 is 2.84 bits per heavy atom. The number of carbonyl (C=O) groups excluding carboxylic acids is 2. The molecule has 2 amide bonds. The fourth-order valence-electron chi connectivity index (χ4n) is 4.09. The molecule has 4 rings (SSSR count). The van der Waals surface area contributed by atoms with E-state index in [1.54, 1.807) is 17.3 Å².